The Kier molecular flexibility index (Phi) is 11.3. The molecule has 0 unspecified atom stereocenters. The molecule has 2 N–H and O–H groups in total. The Labute approximate surface area is 200 Å². The number of nitrogens with one attached hydrogen (secondary N) is 2. The van der Waals surface area contributed by atoms with Crippen molar-refractivity contribution < 1.29 is 28.7 Å². The van der Waals surface area contributed by atoms with Gasteiger partial charge in [-0.2, -0.15) is 0 Å². The number of amides is 2. The summed E-state index contributed by atoms with van der Waals surface area (Å²) in [7, 11) is 0. The molecule has 0 saturated heterocycles. The summed E-state index contributed by atoms with van der Waals surface area (Å²) in [5.74, 6) is -1.62. The molecular formula is C26H32N2O6. The van der Waals surface area contributed by atoms with Crippen LogP contribution in [0.15, 0.2) is 48.5 Å². The lowest BCUT2D eigenvalue weighted by Gasteiger charge is -2.10. The van der Waals surface area contributed by atoms with Crippen LogP contribution < -0.4 is 10.6 Å². The molecule has 2 aromatic rings. The average molecular weight is 469 g/mol. The van der Waals surface area contributed by atoms with E-state index >= 15 is 0 Å². The van der Waals surface area contributed by atoms with Crippen LogP contribution >= 0.6 is 0 Å². The van der Waals surface area contributed by atoms with Crippen molar-refractivity contribution >= 4 is 35.1 Å². The summed E-state index contributed by atoms with van der Waals surface area (Å²) in [4.78, 5) is 47.9. The zero-order valence-electron chi connectivity index (χ0n) is 19.7. The maximum atomic E-state index is 12.1. The van der Waals surface area contributed by atoms with Crippen molar-refractivity contribution in [2.24, 2.45) is 0 Å². The molecule has 2 rings (SSSR count). The number of carbonyl (C=O) groups is 4. The van der Waals surface area contributed by atoms with Gasteiger partial charge in [-0.1, -0.05) is 38.5 Å². The van der Waals surface area contributed by atoms with Crippen LogP contribution in [0.2, 0.25) is 0 Å². The molecular weight excluding hydrogens is 436 g/mol. The summed E-state index contributed by atoms with van der Waals surface area (Å²) < 4.78 is 10.1. The van der Waals surface area contributed by atoms with E-state index in [1.54, 1.807) is 30.3 Å². The Morgan fingerprint density at radius 2 is 1.53 bits per heavy atom. The maximum absolute atomic E-state index is 12.1. The van der Waals surface area contributed by atoms with Crippen molar-refractivity contribution in [1.29, 1.82) is 0 Å². The Morgan fingerprint density at radius 3 is 2.24 bits per heavy atom. The Balaban J connectivity index is 1.65. The lowest BCUT2D eigenvalue weighted by Crippen LogP contribution is -2.21. The molecule has 0 aliphatic heterocycles. The summed E-state index contributed by atoms with van der Waals surface area (Å²) in [6, 6.07) is 13.9. The number of aryl methyl sites for hydroxylation is 1. The quantitative estimate of drug-likeness (QED) is 0.331. The second-order valence-electron chi connectivity index (χ2n) is 7.69. The van der Waals surface area contributed by atoms with E-state index in [4.69, 9.17) is 9.47 Å². The third-order valence-electron chi connectivity index (χ3n) is 4.96. The summed E-state index contributed by atoms with van der Waals surface area (Å²) >= 11 is 0. The van der Waals surface area contributed by atoms with Crippen molar-refractivity contribution in [3.05, 3.63) is 59.7 Å². The van der Waals surface area contributed by atoms with Crippen molar-refractivity contribution in [1.82, 2.24) is 0 Å². The van der Waals surface area contributed by atoms with E-state index in [1.807, 2.05) is 32.0 Å². The standard InChI is InChI=1S/C26H32N2O6/c1-3-5-17-33-26(32)20-13-15-21(16-14-20)27-23(29)11-8-12-25(31)34-18-24(30)28-22-10-7-6-9-19(22)4-2/h6-7,9-10,13-16H,3-5,8,11-12,17-18H2,1-2H3,(H,27,29)(H,28,30). The smallest absolute Gasteiger partial charge is 0.338 e. The molecule has 34 heavy (non-hydrogen) atoms. The fourth-order valence-corrected chi connectivity index (χ4v) is 3.05. The molecule has 182 valence electrons. The number of benzene rings is 2. The summed E-state index contributed by atoms with van der Waals surface area (Å²) in [6.45, 7) is 4.01. The molecule has 8 nitrogen and oxygen atoms in total. The van der Waals surface area contributed by atoms with Crippen LogP contribution in [0.3, 0.4) is 0 Å². The molecule has 0 fully saturated rings. The van der Waals surface area contributed by atoms with Crippen LogP contribution in [0.1, 0.15) is 61.9 Å². The number of rotatable bonds is 13. The minimum atomic E-state index is -0.544. The lowest BCUT2D eigenvalue weighted by atomic mass is 10.1. The molecule has 0 spiro atoms. The van der Waals surface area contributed by atoms with Crippen molar-refractivity contribution in [2.75, 3.05) is 23.8 Å². The molecule has 0 radical (unpaired) electrons. The molecule has 0 saturated carbocycles. The SMILES string of the molecule is CCCCOC(=O)c1ccc(NC(=O)CCCC(=O)OCC(=O)Nc2ccccc2CC)cc1. The highest BCUT2D eigenvalue weighted by Crippen LogP contribution is 2.15. The summed E-state index contributed by atoms with van der Waals surface area (Å²) in [5.41, 5.74) is 2.65. The molecule has 8 heteroatoms. The van der Waals surface area contributed by atoms with Gasteiger partial charge < -0.3 is 20.1 Å². The summed E-state index contributed by atoms with van der Waals surface area (Å²) in [6.07, 6.45) is 2.95. The van der Waals surface area contributed by atoms with Gasteiger partial charge in [-0.15, -0.1) is 0 Å². The fraction of sp³-hybridized carbons (Fsp3) is 0.385. The first-order valence-electron chi connectivity index (χ1n) is 11.5. The van der Waals surface area contributed by atoms with Gasteiger partial charge in [0.15, 0.2) is 6.61 Å². The first-order valence-corrected chi connectivity index (χ1v) is 11.5. The van der Waals surface area contributed by atoms with Gasteiger partial charge in [0.25, 0.3) is 5.91 Å². The lowest BCUT2D eigenvalue weighted by molar-refractivity contribution is -0.147. The number of para-hydroxylation sites is 1. The van der Waals surface area contributed by atoms with Gasteiger partial charge in [-0.25, -0.2) is 4.79 Å². The third-order valence-corrected chi connectivity index (χ3v) is 4.96. The van der Waals surface area contributed by atoms with Crippen LogP contribution in [0.5, 0.6) is 0 Å². The number of ether oxygens (including phenoxy) is 2. The van der Waals surface area contributed by atoms with Gasteiger partial charge in [-0.05, 0) is 55.2 Å². The Morgan fingerprint density at radius 1 is 0.794 bits per heavy atom. The zero-order valence-corrected chi connectivity index (χ0v) is 19.7. The van der Waals surface area contributed by atoms with Crippen LogP contribution in [0, 0.1) is 0 Å². The summed E-state index contributed by atoms with van der Waals surface area (Å²) in [5, 5.41) is 5.45. The van der Waals surface area contributed by atoms with Crippen LogP contribution in [0.25, 0.3) is 0 Å². The van der Waals surface area contributed by atoms with Gasteiger partial charge in [0.05, 0.1) is 12.2 Å². The topological polar surface area (TPSA) is 111 Å². The predicted octanol–water partition coefficient (Wildman–Crippen LogP) is 4.50. The van der Waals surface area contributed by atoms with E-state index in [1.165, 1.54) is 0 Å². The normalized spacial score (nSPS) is 10.3. The molecule has 2 amide bonds. The van der Waals surface area contributed by atoms with E-state index < -0.39 is 17.8 Å². The second kappa shape index (κ2) is 14.5. The largest absolute Gasteiger partial charge is 0.462 e. The number of unbranched alkanes of at least 4 members (excludes halogenated alkanes) is 1. The second-order valence-corrected chi connectivity index (χ2v) is 7.69. The van der Waals surface area contributed by atoms with E-state index in [-0.39, 0.29) is 31.8 Å². The highest BCUT2D eigenvalue weighted by atomic mass is 16.5. The number of carbonyl (C=O) groups excluding carboxylic acids is 4. The molecule has 2 aromatic carbocycles. The molecule has 0 bridgehead atoms. The van der Waals surface area contributed by atoms with E-state index in [2.05, 4.69) is 10.6 Å². The van der Waals surface area contributed by atoms with Crippen LogP contribution in [0.4, 0.5) is 11.4 Å². The minimum absolute atomic E-state index is 0.0226. The van der Waals surface area contributed by atoms with Crippen LogP contribution in [-0.4, -0.2) is 37.0 Å². The first kappa shape index (κ1) is 26.6. The van der Waals surface area contributed by atoms with Gasteiger partial charge in [0.1, 0.15) is 0 Å². The predicted molar refractivity (Wildman–Crippen MR) is 130 cm³/mol. The molecule has 0 aliphatic rings. The first-order chi connectivity index (χ1) is 16.4. The highest BCUT2D eigenvalue weighted by molar-refractivity contribution is 5.94. The molecule has 0 aliphatic carbocycles. The van der Waals surface area contributed by atoms with E-state index in [0.717, 1.165) is 24.8 Å². The van der Waals surface area contributed by atoms with Crippen molar-refractivity contribution in [3.8, 4) is 0 Å². The van der Waals surface area contributed by atoms with Gasteiger partial charge in [0.2, 0.25) is 5.91 Å². The fourth-order valence-electron chi connectivity index (χ4n) is 3.05. The van der Waals surface area contributed by atoms with E-state index in [0.29, 0.717) is 23.5 Å². The number of anilines is 2. The van der Waals surface area contributed by atoms with Gasteiger partial charge in [0, 0.05) is 24.2 Å². The van der Waals surface area contributed by atoms with E-state index in [9.17, 15) is 19.2 Å². The van der Waals surface area contributed by atoms with Crippen molar-refractivity contribution in [2.45, 2.75) is 52.4 Å². The molecule has 0 heterocycles. The minimum Gasteiger partial charge on any atom is -0.462 e. The third kappa shape index (κ3) is 9.44. The Hall–Kier alpha value is -3.68. The van der Waals surface area contributed by atoms with Crippen molar-refractivity contribution in [3.63, 3.8) is 0 Å². The van der Waals surface area contributed by atoms with Gasteiger partial charge >= 0.3 is 11.9 Å². The number of esters is 2. The molecule has 0 atom stereocenters. The Bertz CT molecular complexity index is 972. The van der Waals surface area contributed by atoms with Gasteiger partial charge in [-0.3, -0.25) is 14.4 Å². The number of hydrogen-bond acceptors (Lipinski definition) is 6. The highest BCUT2D eigenvalue weighted by Gasteiger charge is 2.11. The average Bonchev–Trinajstić information content (AvgIpc) is 2.83. The van der Waals surface area contributed by atoms with Crippen LogP contribution in [-0.2, 0) is 30.3 Å². The maximum Gasteiger partial charge on any atom is 0.338 e. The number of hydrogen-bond donors (Lipinski definition) is 2. The molecule has 0 aromatic heterocycles. The monoisotopic (exact) mass is 468 g/mol. The zero-order chi connectivity index (χ0) is 24.8.